The van der Waals surface area contributed by atoms with Gasteiger partial charge in [-0.1, -0.05) is 27.3 Å². The van der Waals surface area contributed by atoms with Crippen molar-refractivity contribution in [3.05, 3.63) is 57.6 Å². The molecule has 4 rings (SSSR count). The van der Waals surface area contributed by atoms with E-state index in [0.29, 0.717) is 30.7 Å². The minimum atomic E-state index is -3.79. The van der Waals surface area contributed by atoms with Crippen molar-refractivity contribution in [2.45, 2.75) is 31.2 Å². The molecule has 0 radical (unpaired) electrons. The van der Waals surface area contributed by atoms with Crippen LogP contribution in [0.15, 0.2) is 56.8 Å². The smallest absolute Gasteiger partial charge is 0.252 e. The van der Waals surface area contributed by atoms with E-state index >= 15 is 0 Å². The van der Waals surface area contributed by atoms with E-state index in [2.05, 4.69) is 20.9 Å². The molecule has 1 unspecified atom stereocenters. The van der Waals surface area contributed by atoms with Crippen LogP contribution in [-0.4, -0.2) is 36.3 Å². The number of nitrogens with zero attached hydrogens (tertiary/aromatic N) is 3. The lowest BCUT2D eigenvalue weighted by Crippen LogP contribution is -2.42. The Bertz CT molecular complexity index is 1300. The molecule has 1 amide bonds. The van der Waals surface area contributed by atoms with E-state index in [9.17, 15) is 17.6 Å². The van der Waals surface area contributed by atoms with Gasteiger partial charge in [-0.3, -0.25) is 4.79 Å². The number of rotatable bonds is 4. The molecule has 1 saturated heterocycles. The number of thiazole rings is 1. The molecule has 0 saturated carbocycles. The first kappa shape index (κ1) is 22.3. The number of aromatic nitrogens is 1. The van der Waals surface area contributed by atoms with Crippen LogP contribution in [0, 0.1) is 11.7 Å². The van der Waals surface area contributed by atoms with Crippen molar-refractivity contribution < 1.29 is 17.6 Å². The summed E-state index contributed by atoms with van der Waals surface area (Å²) in [5.74, 6) is -1.32. The molecule has 1 aliphatic heterocycles. The largest absolute Gasteiger partial charge is 0.317 e. The van der Waals surface area contributed by atoms with Gasteiger partial charge < -0.3 is 4.57 Å². The average Bonchev–Trinajstić information content (AvgIpc) is 3.10. The molecule has 31 heavy (non-hydrogen) atoms. The monoisotopic (exact) mass is 525 g/mol. The van der Waals surface area contributed by atoms with Crippen LogP contribution in [0.4, 0.5) is 4.39 Å². The van der Waals surface area contributed by atoms with Gasteiger partial charge in [0, 0.05) is 24.1 Å². The summed E-state index contributed by atoms with van der Waals surface area (Å²) in [6.45, 7) is 3.07. The molecule has 1 aliphatic rings. The second-order valence-electron chi connectivity index (χ2n) is 7.35. The first-order valence-electron chi connectivity index (χ1n) is 9.93. The van der Waals surface area contributed by atoms with Crippen molar-refractivity contribution in [3.63, 3.8) is 0 Å². The average molecular weight is 526 g/mol. The summed E-state index contributed by atoms with van der Waals surface area (Å²) in [6.07, 6.45) is 1.15. The number of carbonyl (C=O) groups is 1. The summed E-state index contributed by atoms with van der Waals surface area (Å²) in [7, 11) is -3.79. The fourth-order valence-corrected chi connectivity index (χ4v) is 6.92. The minimum absolute atomic E-state index is 0.0258. The molecule has 6 nitrogen and oxygen atoms in total. The van der Waals surface area contributed by atoms with Gasteiger partial charge in [0.25, 0.3) is 5.91 Å². The first-order chi connectivity index (χ1) is 14.8. The lowest BCUT2D eigenvalue weighted by Gasteiger charge is -2.30. The van der Waals surface area contributed by atoms with Crippen LogP contribution in [0.5, 0.6) is 0 Å². The Hall–Kier alpha value is -1.88. The van der Waals surface area contributed by atoms with Gasteiger partial charge in [-0.05, 0) is 62.2 Å². The van der Waals surface area contributed by atoms with Crippen LogP contribution in [0.2, 0.25) is 0 Å². The maximum Gasteiger partial charge on any atom is 0.252 e. The zero-order chi connectivity index (χ0) is 22.2. The minimum Gasteiger partial charge on any atom is -0.317 e. The third-order valence-electron chi connectivity index (χ3n) is 5.35. The molecule has 3 aromatic rings. The highest BCUT2D eigenvalue weighted by Gasteiger charge is 2.33. The van der Waals surface area contributed by atoms with Crippen molar-refractivity contribution in [2.75, 3.05) is 13.1 Å². The summed E-state index contributed by atoms with van der Waals surface area (Å²) in [6, 6.07) is 10.7. The van der Waals surface area contributed by atoms with Gasteiger partial charge in [0.05, 0.1) is 21.0 Å². The predicted octanol–water partition coefficient (Wildman–Crippen LogP) is 4.15. The Kier molecular flexibility index (Phi) is 6.43. The normalized spacial score (nSPS) is 18.5. The highest BCUT2D eigenvalue weighted by Crippen LogP contribution is 2.25. The number of piperidine rings is 1. The molecule has 0 spiro atoms. The van der Waals surface area contributed by atoms with E-state index in [1.807, 2.05) is 29.7 Å². The van der Waals surface area contributed by atoms with E-state index in [0.717, 1.165) is 26.8 Å². The lowest BCUT2D eigenvalue weighted by atomic mass is 9.99. The fraction of sp³-hybridized carbons (Fsp3) is 0.333. The molecule has 1 aromatic heterocycles. The van der Waals surface area contributed by atoms with Crippen molar-refractivity contribution in [2.24, 2.45) is 10.9 Å². The van der Waals surface area contributed by atoms with E-state index in [1.165, 1.54) is 27.8 Å². The van der Waals surface area contributed by atoms with Gasteiger partial charge in [-0.15, -0.1) is 0 Å². The highest BCUT2D eigenvalue weighted by molar-refractivity contribution is 9.10. The molecular weight excluding hydrogens is 505 g/mol. The number of carbonyl (C=O) groups excluding carboxylic acids is 1. The number of hydrogen-bond acceptors (Lipinski definition) is 4. The molecule has 2 aromatic carbocycles. The van der Waals surface area contributed by atoms with Gasteiger partial charge in [-0.2, -0.15) is 9.30 Å². The van der Waals surface area contributed by atoms with Crippen LogP contribution in [-0.2, 0) is 21.4 Å². The van der Waals surface area contributed by atoms with Gasteiger partial charge in [0.1, 0.15) is 5.82 Å². The Labute approximate surface area is 192 Å². The van der Waals surface area contributed by atoms with Crippen molar-refractivity contribution >= 4 is 53.4 Å². The molecule has 0 bridgehead atoms. The number of amides is 1. The molecular formula is C21H21BrFN3O3S2. The third-order valence-corrected chi connectivity index (χ3v) is 8.77. The molecule has 164 valence electrons. The Morgan fingerprint density at radius 3 is 2.71 bits per heavy atom. The van der Waals surface area contributed by atoms with Crippen molar-refractivity contribution in [3.8, 4) is 0 Å². The number of fused-ring (bicyclic) bond motifs is 1. The summed E-state index contributed by atoms with van der Waals surface area (Å²) < 4.78 is 44.3. The van der Waals surface area contributed by atoms with Gasteiger partial charge in [0.2, 0.25) is 10.0 Å². The summed E-state index contributed by atoms with van der Waals surface area (Å²) in [5, 5.41) is 0. The maximum atomic E-state index is 13.2. The fourth-order valence-electron chi connectivity index (χ4n) is 3.74. The second-order valence-corrected chi connectivity index (χ2v) is 11.2. The molecule has 1 atom stereocenters. The molecule has 0 aliphatic carbocycles. The Balaban J connectivity index is 1.61. The maximum absolute atomic E-state index is 13.2. The highest BCUT2D eigenvalue weighted by atomic mass is 79.9. The zero-order valence-electron chi connectivity index (χ0n) is 16.8. The van der Waals surface area contributed by atoms with E-state index in [-0.39, 0.29) is 17.3 Å². The number of hydrogen-bond donors (Lipinski definition) is 0. The van der Waals surface area contributed by atoms with Crippen molar-refractivity contribution in [1.29, 1.82) is 0 Å². The number of sulfonamides is 1. The topological polar surface area (TPSA) is 71.7 Å². The van der Waals surface area contributed by atoms with Crippen molar-refractivity contribution in [1.82, 2.24) is 8.87 Å². The molecule has 0 N–H and O–H groups in total. The summed E-state index contributed by atoms with van der Waals surface area (Å²) >= 11 is 4.90. The van der Waals surface area contributed by atoms with E-state index in [1.54, 1.807) is 0 Å². The van der Waals surface area contributed by atoms with Crippen LogP contribution in [0.3, 0.4) is 0 Å². The number of halogens is 2. The standard InChI is InChI=1S/C21H21BrFN3O3S2/c1-2-26-18-10-5-15(22)12-19(18)30-21(26)24-20(27)14-4-3-11-25(13-14)31(28,29)17-8-6-16(23)7-9-17/h5-10,12,14H,2-4,11,13H2,1H3. The van der Waals surface area contributed by atoms with Crippen LogP contribution >= 0.6 is 27.3 Å². The number of aryl methyl sites for hydroxylation is 1. The third kappa shape index (κ3) is 4.52. The Morgan fingerprint density at radius 1 is 1.26 bits per heavy atom. The van der Waals surface area contributed by atoms with Crippen LogP contribution < -0.4 is 4.80 Å². The van der Waals surface area contributed by atoms with Crippen LogP contribution in [0.25, 0.3) is 10.2 Å². The molecule has 1 fully saturated rings. The van der Waals surface area contributed by atoms with Crippen LogP contribution in [0.1, 0.15) is 19.8 Å². The molecule has 2 heterocycles. The Morgan fingerprint density at radius 2 is 2.00 bits per heavy atom. The van der Waals surface area contributed by atoms with E-state index in [4.69, 9.17) is 0 Å². The number of benzene rings is 2. The molecule has 10 heteroatoms. The van der Waals surface area contributed by atoms with E-state index < -0.39 is 21.8 Å². The quantitative estimate of drug-likeness (QED) is 0.513. The summed E-state index contributed by atoms with van der Waals surface area (Å²) in [4.78, 5) is 18.0. The summed E-state index contributed by atoms with van der Waals surface area (Å²) in [5.41, 5.74) is 1.01. The predicted molar refractivity (Wildman–Crippen MR) is 122 cm³/mol. The van der Waals surface area contributed by atoms with Gasteiger partial charge in [-0.25, -0.2) is 12.8 Å². The SMILES string of the molecule is CCn1c(=NC(=O)C2CCCN(S(=O)(=O)c3ccc(F)cc3)C2)sc2cc(Br)ccc21. The first-order valence-corrected chi connectivity index (χ1v) is 13.0. The van der Waals surface area contributed by atoms with Gasteiger partial charge >= 0.3 is 0 Å². The lowest BCUT2D eigenvalue weighted by molar-refractivity contribution is -0.122. The van der Waals surface area contributed by atoms with Gasteiger partial charge in [0.15, 0.2) is 4.80 Å². The second kappa shape index (κ2) is 8.93. The zero-order valence-corrected chi connectivity index (χ0v) is 20.0.